The molecule has 0 aliphatic carbocycles. The van der Waals surface area contributed by atoms with Crippen molar-refractivity contribution in [1.82, 2.24) is 8.61 Å². The van der Waals surface area contributed by atoms with Gasteiger partial charge >= 0.3 is 0 Å². The maximum Gasteiger partial charge on any atom is 0.282 e. The first-order valence-corrected chi connectivity index (χ1v) is 9.04. The molecule has 2 aliphatic heterocycles. The number of nitrogens with zero attached hydrogens (tertiary/aromatic N) is 2. The van der Waals surface area contributed by atoms with Gasteiger partial charge in [-0.1, -0.05) is 36.8 Å². The molecule has 2 fully saturated rings. The summed E-state index contributed by atoms with van der Waals surface area (Å²) in [6, 6.07) is 9.84. The second kappa shape index (κ2) is 6.04. The molecule has 0 unspecified atom stereocenters. The lowest BCUT2D eigenvalue weighted by Crippen LogP contribution is -2.45. The van der Waals surface area contributed by atoms with Gasteiger partial charge < -0.3 is 5.73 Å². The van der Waals surface area contributed by atoms with E-state index >= 15 is 0 Å². The van der Waals surface area contributed by atoms with E-state index in [0.29, 0.717) is 26.2 Å². The smallest absolute Gasteiger partial charge is 0.282 e. The predicted molar refractivity (Wildman–Crippen MR) is 83.1 cm³/mol. The standard InChI is InChI=1S/C15H23N3O2S/c16-15-12-18(11-14(15)13-7-3-1-4-8-13)21(19,20)17-9-5-2-6-10-17/h1,3-4,7-8,14-15H,2,5-6,9-12,16H2/t14-,15+/m0/s1. The second-order valence-corrected chi connectivity index (χ2v) is 7.89. The summed E-state index contributed by atoms with van der Waals surface area (Å²) >= 11 is 0. The SMILES string of the molecule is N[C@@H]1CN(S(=O)(=O)N2CCCCC2)C[C@H]1c1ccccc1. The quantitative estimate of drug-likeness (QED) is 0.910. The van der Waals surface area contributed by atoms with Crippen molar-refractivity contribution in [3.05, 3.63) is 35.9 Å². The summed E-state index contributed by atoms with van der Waals surface area (Å²) in [6.45, 7) is 2.19. The van der Waals surface area contributed by atoms with Gasteiger partial charge in [-0.05, 0) is 18.4 Å². The van der Waals surface area contributed by atoms with Crippen molar-refractivity contribution in [3.63, 3.8) is 0 Å². The van der Waals surface area contributed by atoms with Gasteiger partial charge in [0, 0.05) is 38.1 Å². The van der Waals surface area contributed by atoms with Crippen LogP contribution < -0.4 is 5.73 Å². The summed E-state index contributed by atoms with van der Waals surface area (Å²) in [5.74, 6) is 0.0887. The van der Waals surface area contributed by atoms with Gasteiger partial charge in [0.05, 0.1) is 0 Å². The molecule has 5 nitrogen and oxygen atoms in total. The van der Waals surface area contributed by atoms with Gasteiger partial charge in [0.25, 0.3) is 10.2 Å². The number of hydrogen-bond donors (Lipinski definition) is 1. The molecule has 3 rings (SSSR count). The van der Waals surface area contributed by atoms with Crippen molar-refractivity contribution in [2.24, 2.45) is 5.73 Å². The van der Waals surface area contributed by atoms with Crippen LogP contribution >= 0.6 is 0 Å². The zero-order valence-electron chi connectivity index (χ0n) is 12.2. The lowest BCUT2D eigenvalue weighted by Gasteiger charge is -2.30. The van der Waals surface area contributed by atoms with Crippen molar-refractivity contribution >= 4 is 10.2 Å². The Morgan fingerprint density at radius 1 is 0.952 bits per heavy atom. The first kappa shape index (κ1) is 15.0. The minimum atomic E-state index is -3.35. The molecule has 2 aliphatic rings. The highest BCUT2D eigenvalue weighted by Crippen LogP contribution is 2.29. The van der Waals surface area contributed by atoms with E-state index in [1.54, 1.807) is 8.61 Å². The van der Waals surface area contributed by atoms with E-state index < -0.39 is 10.2 Å². The van der Waals surface area contributed by atoms with Crippen LogP contribution in [0.25, 0.3) is 0 Å². The third-order valence-electron chi connectivity index (χ3n) is 4.53. The van der Waals surface area contributed by atoms with Crippen LogP contribution in [-0.2, 0) is 10.2 Å². The zero-order valence-corrected chi connectivity index (χ0v) is 13.0. The lowest BCUT2D eigenvalue weighted by atomic mass is 9.95. The van der Waals surface area contributed by atoms with E-state index in [1.807, 2.05) is 30.3 Å². The molecule has 6 heteroatoms. The number of nitrogens with two attached hydrogens (primary N) is 1. The highest BCUT2D eigenvalue weighted by atomic mass is 32.2. The molecule has 116 valence electrons. The molecule has 0 saturated carbocycles. The van der Waals surface area contributed by atoms with Crippen molar-refractivity contribution in [1.29, 1.82) is 0 Å². The van der Waals surface area contributed by atoms with E-state index in [1.165, 1.54) is 0 Å². The third-order valence-corrected chi connectivity index (χ3v) is 6.50. The summed E-state index contributed by atoms with van der Waals surface area (Å²) < 4.78 is 28.6. The van der Waals surface area contributed by atoms with Crippen LogP contribution in [0.3, 0.4) is 0 Å². The summed E-state index contributed by atoms with van der Waals surface area (Å²) in [6.07, 6.45) is 3.04. The molecule has 0 bridgehead atoms. The molecular weight excluding hydrogens is 286 g/mol. The number of rotatable bonds is 3. The molecule has 2 heterocycles. The molecule has 1 aromatic rings. The Hall–Kier alpha value is -0.950. The number of piperidine rings is 1. The van der Waals surface area contributed by atoms with Crippen LogP contribution in [-0.4, -0.2) is 49.2 Å². The van der Waals surface area contributed by atoms with E-state index in [0.717, 1.165) is 24.8 Å². The maximum atomic E-state index is 12.7. The van der Waals surface area contributed by atoms with Gasteiger partial charge in [-0.15, -0.1) is 0 Å². The van der Waals surface area contributed by atoms with Crippen molar-refractivity contribution in [3.8, 4) is 0 Å². The summed E-state index contributed by atoms with van der Waals surface area (Å²) in [7, 11) is -3.35. The Labute approximate surface area is 126 Å². The van der Waals surface area contributed by atoms with Gasteiger partial charge in [-0.2, -0.15) is 17.0 Å². The fourth-order valence-electron chi connectivity index (χ4n) is 3.29. The highest BCUT2D eigenvalue weighted by Gasteiger charge is 2.40. The van der Waals surface area contributed by atoms with Crippen LogP contribution in [0, 0.1) is 0 Å². The van der Waals surface area contributed by atoms with Crippen LogP contribution in [0.4, 0.5) is 0 Å². The van der Waals surface area contributed by atoms with E-state index in [2.05, 4.69) is 0 Å². The Balaban J connectivity index is 1.76. The largest absolute Gasteiger partial charge is 0.326 e. The summed E-state index contributed by atoms with van der Waals surface area (Å²) in [5, 5.41) is 0. The molecular formula is C15H23N3O2S. The van der Waals surface area contributed by atoms with Crippen molar-refractivity contribution in [2.75, 3.05) is 26.2 Å². The van der Waals surface area contributed by atoms with E-state index in [-0.39, 0.29) is 12.0 Å². The third kappa shape index (κ3) is 2.99. The van der Waals surface area contributed by atoms with Gasteiger partial charge in [0.2, 0.25) is 0 Å². The first-order valence-electron chi connectivity index (χ1n) is 7.65. The molecule has 0 radical (unpaired) electrons. The topological polar surface area (TPSA) is 66.6 Å². The monoisotopic (exact) mass is 309 g/mol. The minimum Gasteiger partial charge on any atom is -0.326 e. The Bertz CT molecular complexity index is 570. The Morgan fingerprint density at radius 2 is 1.62 bits per heavy atom. The average Bonchev–Trinajstić information content (AvgIpc) is 2.92. The van der Waals surface area contributed by atoms with Gasteiger partial charge in [-0.25, -0.2) is 0 Å². The average molecular weight is 309 g/mol. The molecule has 2 saturated heterocycles. The summed E-state index contributed by atoms with van der Waals surface area (Å²) in [5.41, 5.74) is 7.33. The second-order valence-electron chi connectivity index (χ2n) is 5.97. The number of benzene rings is 1. The van der Waals surface area contributed by atoms with E-state index in [4.69, 9.17) is 5.73 Å². The normalized spacial score (nSPS) is 28.8. The van der Waals surface area contributed by atoms with Crippen LogP contribution in [0.1, 0.15) is 30.7 Å². The predicted octanol–water partition coefficient (Wildman–Crippen LogP) is 1.14. The molecule has 21 heavy (non-hydrogen) atoms. The Morgan fingerprint density at radius 3 is 2.29 bits per heavy atom. The maximum absolute atomic E-state index is 12.7. The van der Waals surface area contributed by atoms with Crippen LogP contribution in [0.15, 0.2) is 30.3 Å². The number of hydrogen-bond acceptors (Lipinski definition) is 3. The van der Waals surface area contributed by atoms with Gasteiger partial charge in [-0.3, -0.25) is 0 Å². The van der Waals surface area contributed by atoms with Gasteiger partial charge in [0.15, 0.2) is 0 Å². The van der Waals surface area contributed by atoms with Crippen LogP contribution in [0.2, 0.25) is 0 Å². The fourth-order valence-corrected chi connectivity index (χ4v) is 5.05. The van der Waals surface area contributed by atoms with Crippen molar-refractivity contribution in [2.45, 2.75) is 31.2 Å². The Kier molecular flexibility index (Phi) is 4.31. The first-order chi connectivity index (χ1) is 10.1. The lowest BCUT2D eigenvalue weighted by molar-refractivity contribution is 0.315. The van der Waals surface area contributed by atoms with Crippen LogP contribution in [0.5, 0.6) is 0 Å². The molecule has 0 spiro atoms. The highest BCUT2D eigenvalue weighted by molar-refractivity contribution is 7.86. The van der Waals surface area contributed by atoms with Gasteiger partial charge in [0.1, 0.15) is 0 Å². The zero-order chi connectivity index (χ0) is 14.9. The van der Waals surface area contributed by atoms with E-state index in [9.17, 15) is 8.42 Å². The molecule has 0 amide bonds. The molecule has 1 aromatic carbocycles. The molecule has 2 N–H and O–H groups in total. The molecule has 2 atom stereocenters. The fraction of sp³-hybridized carbons (Fsp3) is 0.600. The molecule has 0 aromatic heterocycles. The van der Waals surface area contributed by atoms with Crippen molar-refractivity contribution < 1.29 is 8.42 Å². The minimum absolute atomic E-state index is 0.0887. The summed E-state index contributed by atoms with van der Waals surface area (Å²) in [4.78, 5) is 0.